The molecule has 0 unspecified atom stereocenters. The molecule has 2 aromatic rings. The molecule has 0 aliphatic rings. The van der Waals surface area contributed by atoms with Gasteiger partial charge in [0, 0.05) is 17.8 Å². The molecular weight excluding hydrogens is 315 g/mol. The lowest BCUT2D eigenvalue weighted by molar-refractivity contribution is 0.483. The van der Waals surface area contributed by atoms with E-state index < -0.39 is 0 Å². The molecule has 0 heterocycles. The summed E-state index contributed by atoms with van der Waals surface area (Å²) in [4.78, 5) is 0. The predicted octanol–water partition coefficient (Wildman–Crippen LogP) is 4.70. The van der Waals surface area contributed by atoms with Crippen LogP contribution in [0.25, 0.3) is 0 Å². The van der Waals surface area contributed by atoms with Crippen LogP contribution in [0.15, 0.2) is 42.5 Å². The maximum absolute atomic E-state index is 6.18. The fourth-order valence-electron chi connectivity index (χ4n) is 1.48. The van der Waals surface area contributed by atoms with Gasteiger partial charge in [0.1, 0.15) is 11.5 Å². The van der Waals surface area contributed by atoms with E-state index in [1.807, 2.05) is 6.07 Å². The van der Waals surface area contributed by atoms with Gasteiger partial charge >= 0.3 is 0 Å². The van der Waals surface area contributed by atoms with Crippen molar-refractivity contribution in [2.24, 2.45) is 0 Å². The Hall–Kier alpha value is -1.49. The SMILES string of the molecule is CNC(=S)Nc1ccc(Oc2ccc(Cl)cc2)c(Cl)c1. The molecule has 20 heavy (non-hydrogen) atoms. The molecule has 6 heteroatoms. The summed E-state index contributed by atoms with van der Waals surface area (Å²) >= 11 is 17.0. The topological polar surface area (TPSA) is 33.3 Å². The molecule has 3 nitrogen and oxygen atoms in total. The van der Waals surface area contributed by atoms with Crippen molar-refractivity contribution in [3.05, 3.63) is 52.5 Å². The van der Waals surface area contributed by atoms with E-state index in [1.54, 1.807) is 43.4 Å². The van der Waals surface area contributed by atoms with Crippen molar-refractivity contribution in [3.63, 3.8) is 0 Å². The van der Waals surface area contributed by atoms with E-state index in [-0.39, 0.29) is 0 Å². The Morgan fingerprint density at radius 3 is 2.40 bits per heavy atom. The standard InChI is InChI=1S/C14H12Cl2N2OS/c1-17-14(20)18-10-4-7-13(12(16)8-10)19-11-5-2-9(15)3-6-11/h2-8H,1H3,(H2,17,18,20). The van der Waals surface area contributed by atoms with Crippen LogP contribution in [0.1, 0.15) is 0 Å². The highest BCUT2D eigenvalue weighted by molar-refractivity contribution is 7.80. The fraction of sp³-hybridized carbons (Fsp3) is 0.0714. The van der Waals surface area contributed by atoms with Gasteiger partial charge in [-0.3, -0.25) is 0 Å². The maximum atomic E-state index is 6.18. The minimum absolute atomic E-state index is 0.490. The average Bonchev–Trinajstić information content (AvgIpc) is 2.44. The zero-order valence-electron chi connectivity index (χ0n) is 10.6. The van der Waals surface area contributed by atoms with Gasteiger partial charge < -0.3 is 15.4 Å². The highest BCUT2D eigenvalue weighted by Gasteiger charge is 2.05. The third kappa shape index (κ3) is 4.00. The van der Waals surface area contributed by atoms with E-state index in [2.05, 4.69) is 10.6 Å². The Bertz CT molecular complexity index is 617. The molecule has 0 bridgehead atoms. The van der Waals surface area contributed by atoms with Crippen LogP contribution in [-0.4, -0.2) is 12.2 Å². The Morgan fingerprint density at radius 1 is 1.10 bits per heavy atom. The maximum Gasteiger partial charge on any atom is 0.170 e. The molecule has 0 radical (unpaired) electrons. The first-order valence-corrected chi connectivity index (χ1v) is 6.96. The van der Waals surface area contributed by atoms with Gasteiger partial charge in [0.2, 0.25) is 0 Å². The van der Waals surface area contributed by atoms with E-state index in [4.69, 9.17) is 40.2 Å². The number of hydrogen-bond donors (Lipinski definition) is 2. The molecule has 2 aromatic carbocycles. The van der Waals surface area contributed by atoms with Gasteiger partial charge in [0.25, 0.3) is 0 Å². The van der Waals surface area contributed by atoms with Gasteiger partial charge in [-0.2, -0.15) is 0 Å². The number of ether oxygens (including phenoxy) is 1. The predicted molar refractivity (Wildman–Crippen MR) is 88.3 cm³/mol. The van der Waals surface area contributed by atoms with Crippen molar-refractivity contribution in [2.75, 3.05) is 12.4 Å². The summed E-state index contributed by atoms with van der Waals surface area (Å²) in [5.74, 6) is 1.23. The number of rotatable bonds is 3. The molecule has 2 rings (SSSR count). The van der Waals surface area contributed by atoms with E-state index in [1.165, 1.54) is 0 Å². The molecule has 0 spiro atoms. The van der Waals surface area contributed by atoms with Crippen LogP contribution in [0.4, 0.5) is 5.69 Å². The van der Waals surface area contributed by atoms with Crippen LogP contribution in [0.3, 0.4) is 0 Å². The Balaban J connectivity index is 2.13. The lowest BCUT2D eigenvalue weighted by atomic mass is 10.3. The minimum atomic E-state index is 0.490. The largest absolute Gasteiger partial charge is 0.456 e. The van der Waals surface area contributed by atoms with E-state index in [0.29, 0.717) is 26.7 Å². The Kier molecular flexibility index (Phi) is 5.06. The molecule has 0 saturated heterocycles. The Labute approximate surface area is 132 Å². The van der Waals surface area contributed by atoms with Crippen molar-refractivity contribution in [1.29, 1.82) is 0 Å². The zero-order valence-corrected chi connectivity index (χ0v) is 12.9. The van der Waals surface area contributed by atoms with E-state index >= 15 is 0 Å². The molecule has 0 aliphatic heterocycles. The van der Waals surface area contributed by atoms with E-state index in [0.717, 1.165) is 5.69 Å². The molecular formula is C14H12Cl2N2OS. The summed E-state index contributed by atoms with van der Waals surface area (Å²) in [5.41, 5.74) is 0.790. The second-order valence-corrected chi connectivity index (χ2v) is 5.16. The third-order valence-corrected chi connectivity index (χ3v) is 3.31. The van der Waals surface area contributed by atoms with Crippen LogP contribution in [0.5, 0.6) is 11.5 Å². The van der Waals surface area contributed by atoms with Crippen molar-refractivity contribution in [1.82, 2.24) is 5.32 Å². The molecule has 0 aromatic heterocycles. The third-order valence-electron chi connectivity index (χ3n) is 2.46. The molecule has 0 saturated carbocycles. The lowest BCUT2D eigenvalue weighted by Gasteiger charge is -2.11. The van der Waals surface area contributed by atoms with Gasteiger partial charge in [-0.25, -0.2) is 0 Å². The zero-order chi connectivity index (χ0) is 14.5. The monoisotopic (exact) mass is 326 g/mol. The molecule has 0 amide bonds. The van der Waals surface area contributed by atoms with Crippen LogP contribution < -0.4 is 15.4 Å². The van der Waals surface area contributed by atoms with Gasteiger partial charge in [-0.05, 0) is 54.7 Å². The minimum Gasteiger partial charge on any atom is -0.456 e. The smallest absolute Gasteiger partial charge is 0.170 e. The van der Waals surface area contributed by atoms with Gasteiger partial charge in [0.05, 0.1) is 5.02 Å². The van der Waals surface area contributed by atoms with Crippen LogP contribution in [-0.2, 0) is 0 Å². The fourth-order valence-corrected chi connectivity index (χ4v) is 1.95. The average molecular weight is 327 g/mol. The first kappa shape index (κ1) is 14.9. The molecule has 2 N–H and O–H groups in total. The number of hydrogen-bond acceptors (Lipinski definition) is 2. The number of benzene rings is 2. The summed E-state index contributed by atoms with van der Waals surface area (Å²) in [6.45, 7) is 0. The highest BCUT2D eigenvalue weighted by atomic mass is 35.5. The quantitative estimate of drug-likeness (QED) is 0.801. The first-order chi connectivity index (χ1) is 9.58. The van der Waals surface area contributed by atoms with Gasteiger partial charge in [0.15, 0.2) is 5.11 Å². The normalized spacial score (nSPS) is 9.95. The Morgan fingerprint density at radius 2 is 1.80 bits per heavy atom. The van der Waals surface area contributed by atoms with Crippen LogP contribution >= 0.6 is 35.4 Å². The van der Waals surface area contributed by atoms with Crippen LogP contribution in [0.2, 0.25) is 10.0 Å². The molecule has 0 aliphatic carbocycles. The second-order valence-electron chi connectivity index (χ2n) is 3.91. The first-order valence-electron chi connectivity index (χ1n) is 5.80. The molecule has 104 valence electrons. The number of nitrogens with one attached hydrogen (secondary N) is 2. The second kappa shape index (κ2) is 6.79. The van der Waals surface area contributed by atoms with E-state index in [9.17, 15) is 0 Å². The summed E-state index contributed by atoms with van der Waals surface area (Å²) in [6.07, 6.45) is 0. The van der Waals surface area contributed by atoms with Crippen molar-refractivity contribution >= 4 is 46.2 Å². The molecule has 0 atom stereocenters. The van der Waals surface area contributed by atoms with Crippen molar-refractivity contribution in [3.8, 4) is 11.5 Å². The summed E-state index contributed by atoms with van der Waals surface area (Å²) in [5, 5.41) is 7.49. The highest BCUT2D eigenvalue weighted by Crippen LogP contribution is 2.32. The van der Waals surface area contributed by atoms with Crippen LogP contribution in [0, 0.1) is 0 Å². The molecule has 0 fully saturated rings. The number of anilines is 1. The van der Waals surface area contributed by atoms with Gasteiger partial charge in [-0.1, -0.05) is 23.2 Å². The van der Waals surface area contributed by atoms with Crippen molar-refractivity contribution in [2.45, 2.75) is 0 Å². The summed E-state index contributed by atoms with van der Waals surface area (Å²) < 4.78 is 5.68. The van der Waals surface area contributed by atoms with Crippen molar-refractivity contribution < 1.29 is 4.74 Å². The number of thiocarbonyl (C=S) groups is 1. The summed E-state index contributed by atoms with van der Waals surface area (Å²) in [7, 11) is 1.74. The lowest BCUT2D eigenvalue weighted by Crippen LogP contribution is -2.24. The summed E-state index contributed by atoms with van der Waals surface area (Å²) in [6, 6.07) is 12.4. The number of halogens is 2. The van der Waals surface area contributed by atoms with Gasteiger partial charge in [-0.15, -0.1) is 0 Å².